The van der Waals surface area contributed by atoms with Gasteiger partial charge in [0.05, 0.1) is 11.6 Å². The van der Waals surface area contributed by atoms with Crippen LogP contribution in [-0.2, 0) is 22.6 Å². The van der Waals surface area contributed by atoms with E-state index in [0.29, 0.717) is 17.0 Å². The molecule has 4 atom stereocenters. The number of phenols is 1. The zero-order valence-electron chi connectivity index (χ0n) is 24.9. The fraction of sp³-hybridized carbons (Fsp3) is 0.355. The molecule has 238 valence electrons. The first kappa shape index (κ1) is 32.2. The number of likely N-dealkylation sites (N-methyl/N-ethyl adjacent to an activating group) is 1. The van der Waals surface area contributed by atoms with Gasteiger partial charge >= 0.3 is 6.09 Å². The second-order valence-corrected chi connectivity index (χ2v) is 13.1. The molecule has 3 aliphatic rings. The van der Waals surface area contributed by atoms with E-state index in [0.717, 1.165) is 3.57 Å². The minimum atomic E-state index is -2.73. The monoisotopic (exact) mass is 732 g/mol. The van der Waals surface area contributed by atoms with Crippen molar-refractivity contribution in [1.29, 1.82) is 0 Å². The molecule has 45 heavy (non-hydrogen) atoms. The lowest BCUT2D eigenvalue weighted by atomic mass is 9.58. The topological polar surface area (TPSA) is 203 Å². The molecule has 0 aromatic heterocycles. The number of allylic oxidation sites excluding steroid dienone is 1. The lowest BCUT2D eigenvalue weighted by Crippen LogP contribution is -2.63. The van der Waals surface area contributed by atoms with E-state index in [1.807, 2.05) is 0 Å². The fourth-order valence-corrected chi connectivity index (χ4v) is 7.06. The molecule has 0 saturated carbocycles. The molecule has 2 aromatic rings. The number of phenolic OH excluding ortho intramolecular Hbond substituents is 1. The van der Waals surface area contributed by atoms with Crippen molar-refractivity contribution in [1.82, 2.24) is 10.2 Å². The summed E-state index contributed by atoms with van der Waals surface area (Å²) < 4.78 is 6.24. The average Bonchev–Trinajstić information content (AvgIpc) is 2.95. The number of aliphatic hydroxyl groups excluding tert-OH is 2. The Balaban J connectivity index is 1.56. The Morgan fingerprint density at radius 3 is 2.33 bits per heavy atom. The molecule has 5 rings (SSSR count). The van der Waals surface area contributed by atoms with Crippen molar-refractivity contribution in [2.75, 3.05) is 33.1 Å². The second-order valence-electron chi connectivity index (χ2n) is 11.8. The normalized spacial score (nSPS) is 24.2. The zero-order chi connectivity index (χ0) is 33.1. The third-order valence-corrected chi connectivity index (χ3v) is 9.43. The number of amides is 2. The van der Waals surface area contributed by atoms with Crippen molar-refractivity contribution in [3.8, 4) is 11.5 Å². The predicted molar refractivity (Wildman–Crippen MR) is 170 cm³/mol. The molecule has 2 aromatic carbocycles. The lowest BCUT2D eigenvalue weighted by Gasteiger charge is -2.50. The van der Waals surface area contributed by atoms with Crippen LogP contribution in [0, 0.1) is 15.4 Å². The predicted octanol–water partition coefficient (Wildman–Crippen LogP) is 2.08. The Labute approximate surface area is 272 Å². The molecule has 0 unspecified atom stereocenters. The molecule has 0 fully saturated rings. The number of nitrogens with two attached hydrogens (primary N) is 1. The number of fused-ring (bicyclic) bond motifs is 3. The molecule has 0 radical (unpaired) electrons. The van der Waals surface area contributed by atoms with Gasteiger partial charge in [0.15, 0.2) is 11.4 Å². The number of ether oxygens (including phenoxy) is 1. The standard InChI is InChI=1S/C31H33IN4O9/c1-35(2)19-11-14(12-34-30(43)45-16-7-5-15(32)6-8-16)24(37)21-17(19)9-13-10-18-23(36(3)4)26(39)22(29(33)42)28(41)31(18,44)27(40)20(13)25(21)38/h5-8,11,13,18,23,37,39-40,44H,9-10,12H2,1-4H3,(H2,33,42)(H,34,43)/t13-,18-,23-,31-/m0/s1. The Bertz CT molecular complexity index is 1700. The van der Waals surface area contributed by atoms with Crippen LogP contribution in [0.1, 0.15) is 27.9 Å². The summed E-state index contributed by atoms with van der Waals surface area (Å²) in [5, 5.41) is 48.2. The Morgan fingerprint density at radius 1 is 1.11 bits per heavy atom. The van der Waals surface area contributed by atoms with Crippen molar-refractivity contribution in [3.63, 3.8) is 0 Å². The summed E-state index contributed by atoms with van der Waals surface area (Å²) in [6.45, 7) is -0.216. The van der Waals surface area contributed by atoms with Crippen LogP contribution in [0.5, 0.6) is 11.5 Å². The van der Waals surface area contributed by atoms with Gasteiger partial charge in [0, 0.05) is 47.0 Å². The van der Waals surface area contributed by atoms with Gasteiger partial charge < -0.3 is 41.1 Å². The minimum Gasteiger partial charge on any atom is -0.510 e. The number of anilines is 1. The van der Waals surface area contributed by atoms with Crippen molar-refractivity contribution < 1.29 is 44.3 Å². The summed E-state index contributed by atoms with van der Waals surface area (Å²) in [4.78, 5) is 55.6. The molecule has 13 nitrogen and oxygen atoms in total. The van der Waals surface area contributed by atoms with Crippen molar-refractivity contribution in [2.24, 2.45) is 17.6 Å². The van der Waals surface area contributed by atoms with Gasteiger partial charge in [-0.2, -0.15) is 0 Å². The van der Waals surface area contributed by atoms with Crippen molar-refractivity contribution >= 4 is 51.8 Å². The number of carbonyl (C=O) groups is 4. The highest BCUT2D eigenvalue weighted by Gasteiger charge is 2.63. The van der Waals surface area contributed by atoms with E-state index in [2.05, 4.69) is 27.9 Å². The summed E-state index contributed by atoms with van der Waals surface area (Å²) >= 11 is 2.12. The quantitative estimate of drug-likeness (QED) is 0.188. The Hall–Kier alpha value is -4.15. The molecule has 14 heteroatoms. The first-order valence-electron chi connectivity index (χ1n) is 14.0. The minimum absolute atomic E-state index is 0.0208. The number of carbonyl (C=O) groups excluding carboxylic acids is 4. The number of hydrogen-bond acceptors (Lipinski definition) is 11. The van der Waals surface area contributed by atoms with Gasteiger partial charge in [0.25, 0.3) is 5.91 Å². The Morgan fingerprint density at radius 2 is 1.76 bits per heavy atom. The number of Topliss-reactive ketones (excluding diaryl/α,β-unsaturated/α-hetero) is 2. The maximum absolute atomic E-state index is 14.1. The maximum Gasteiger partial charge on any atom is 0.412 e. The number of hydrogen-bond donors (Lipinski definition) is 6. The SMILES string of the molecule is CN(C)c1cc(CNC(=O)Oc2ccc(I)cc2)c(O)c2c1C[C@H]1C[C@H]3[C@H](N(C)C)C(O)=C(C(N)=O)C(=O)[C@@]3(O)C(O)=C1C2=O. The van der Waals surface area contributed by atoms with Gasteiger partial charge in [0.2, 0.25) is 5.78 Å². The molecule has 0 spiro atoms. The summed E-state index contributed by atoms with van der Waals surface area (Å²) in [6, 6.07) is 7.35. The van der Waals surface area contributed by atoms with Gasteiger partial charge in [-0.25, -0.2) is 4.79 Å². The van der Waals surface area contributed by atoms with E-state index in [1.165, 1.54) is 4.90 Å². The number of primary amides is 1. The van der Waals surface area contributed by atoms with Crippen LogP contribution in [0.4, 0.5) is 10.5 Å². The summed E-state index contributed by atoms with van der Waals surface area (Å²) in [6.07, 6.45) is -0.675. The van der Waals surface area contributed by atoms with Gasteiger partial charge in [-0.15, -0.1) is 0 Å². The number of nitrogens with zero attached hydrogens (tertiary/aromatic N) is 2. The highest BCUT2D eigenvalue weighted by Crippen LogP contribution is 2.53. The number of aliphatic hydroxyl groups is 3. The molecule has 0 saturated heterocycles. The number of aromatic hydroxyl groups is 1. The molecular formula is C31H33IN4O9. The molecule has 0 aliphatic heterocycles. The third-order valence-electron chi connectivity index (χ3n) is 8.71. The van der Waals surface area contributed by atoms with Gasteiger partial charge in [-0.05, 0) is 91.3 Å². The highest BCUT2D eigenvalue weighted by molar-refractivity contribution is 14.1. The molecule has 2 amide bonds. The van der Waals surface area contributed by atoms with Crippen LogP contribution in [0.3, 0.4) is 0 Å². The first-order valence-corrected chi connectivity index (χ1v) is 15.1. The zero-order valence-corrected chi connectivity index (χ0v) is 27.1. The molecular weight excluding hydrogens is 699 g/mol. The first-order chi connectivity index (χ1) is 21.1. The van der Waals surface area contributed by atoms with E-state index in [1.54, 1.807) is 63.4 Å². The van der Waals surface area contributed by atoms with Crippen LogP contribution in [0.2, 0.25) is 0 Å². The number of nitrogens with one attached hydrogen (secondary N) is 1. The van der Waals surface area contributed by atoms with E-state index < -0.39 is 69.9 Å². The largest absolute Gasteiger partial charge is 0.510 e. The van der Waals surface area contributed by atoms with Gasteiger partial charge in [0.1, 0.15) is 28.6 Å². The van der Waals surface area contributed by atoms with Crippen LogP contribution in [0.25, 0.3) is 0 Å². The van der Waals surface area contributed by atoms with E-state index >= 15 is 0 Å². The fourth-order valence-electron chi connectivity index (χ4n) is 6.70. The van der Waals surface area contributed by atoms with E-state index in [4.69, 9.17) is 10.5 Å². The van der Waals surface area contributed by atoms with E-state index in [9.17, 15) is 39.6 Å². The summed E-state index contributed by atoms with van der Waals surface area (Å²) in [5.41, 5.74) is 2.60. The molecule has 0 heterocycles. The van der Waals surface area contributed by atoms with Crippen LogP contribution in [-0.4, -0.2) is 88.7 Å². The van der Waals surface area contributed by atoms with E-state index in [-0.39, 0.29) is 36.1 Å². The van der Waals surface area contributed by atoms with Crippen LogP contribution < -0.4 is 20.7 Å². The van der Waals surface area contributed by atoms with Crippen molar-refractivity contribution in [2.45, 2.75) is 31.0 Å². The Kier molecular flexibility index (Phi) is 8.35. The lowest BCUT2D eigenvalue weighted by molar-refractivity contribution is -0.148. The highest BCUT2D eigenvalue weighted by atomic mass is 127. The summed E-state index contributed by atoms with van der Waals surface area (Å²) in [5.74, 6) is -6.95. The summed E-state index contributed by atoms with van der Waals surface area (Å²) in [7, 11) is 6.64. The average molecular weight is 733 g/mol. The smallest absolute Gasteiger partial charge is 0.412 e. The maximum atomic E-state index is 14.1. The number of rotatable bonds is 6. The van der Waals surface area contributed by atoms with Crippen LogP contribution >= 0.6 is 22.6 Å². The molecule has 3 aliphatic carbocycles. The van der Waals surface area contributed by atoms with Crippen molar-refractivity contribution in [3.05, 3.63) is 73.3 Å². The number of benzene rings is 2. The molecule has 7 N–H and O–H groups in total. The van der Waals surface area contributed by atoms with Crippen LogP contribution in [0.15, 0.2) is 53.0 Å². The van der Waals surface area contributed by atoms with Gasteiger partial charge in [-0.3, -0.25) is 19.3 Å². The van der Waals surface area contributed by atoms with Gasteiger partial charge in [-0.1, -0.05) is 0 Å². The number of ketones is 2. The molecule has 0 bridgehead atoms. The number of halogens is 1. The third kappa shape index (κ3) is 5.19. The second kappa shape index (κ2) is 11.7.